The predicted molar refractivity (Wildman–Crippen MR) is 197 cm³/mol. The molecule has 0 unspecified atom stereocenters. The van der Waals surface area contributed by atoms with Crippen LogP contribution in [0.3, 0.4) is 0 Å². The van der Waals surface area contributed by atoms with Crippen molar-refractivity contribution in [3.05, 3.63) is 92.0 Å². The van der Waals surface area contributed by atoms with Crippen LogP contribution in [0.15, 0.2) is 42.6 Å². The van der Waals surface area contributed by atoms with E-state index in [9.17, 15) is 14.7 Å². The lowest BCUT2D eigenvalue weighted by Gasteiger charge is -2.34. The molecule has 0 saturated carbocycles. The van der Waals surface area contributed by atoms with Crippen LogP contribution in [0.25, 0.3) is 32.9 Å². The van der Waals surface area contributed by atoms with Crippen molar-refractivity contribution in [2.75, 3.05) is 18.1 Å². The lowest BCUT2D eigenvalue weighted by atomic mass is 9.98. The lowest BCUT2D eigenvalue weighted by molar-refractivity contribution is 0.0696. The molecule has 0 bridgehead atoms. The first kappa shape index (κ1) is 33.7. The molecule has 0 saturated heterocycles. The van der Waals surface area contributed by atoms with Crippen molar-refractivity contribution in [1.29, 1.82) is 0 Å². The van der Waals surface area contributed by atoms with Gasteiger partial charge in [-0.3, -0.25) is 14.2 Å². The van der Waals surface area contributed by atoms with E-state index in [1.54, 1.807) is 35.0 Å². The molecule has 0 spiro atoms. The molecule has 1 amide bonds. The fourth-order valence-corrected chi connectivity index (χ4v) is 7.87. The number of aromatic nitrogens is 5. The molecule has 0 aliphatic carbocycles. The van der Waals surface area contributed by atoms with E-state index in [0.29, 0.717) is 53.3 Å². The number of aromatic carboxylic acids is 1. The smallest absolute Gasteiger partial charge is 0.335 e. The van der Waals surface area contributed by atoms with Gasteiger partial charge in [0.05, 0.1) is 45.8 Å². The number of halogens is 2. The Labute approximate surface area is 299 Å². The van der Waals surface area contributed by atoms with Gasteiger partial charge in [-0.05, 0) is 94.5 Å². The van der Waals surface area contributed by atoms with Crippen LogP contribution >= 0.6 is 23.2 Å². The third-order valence-corrected chi connectivity index (χ3v) is 10.9. The molecule has 4 heterocycles. The molecule has 3 aromatic heterocycles. The first-order valence-electron chi connectivity index (χ1n) is 16.5. The van der Waals surface area contributed by atoms with Crippen molar-refractivity contribution in [2.24, 2.45) is 14.1 Å². The minimum Gasteiger partial charge on any atom is -0.494 e. The molecule has 3 aromatic carbocycles. The Morgan fingerprint density at radius 2 is 1.72 bits per heavy atom. The number of fused-ring (bicyclic) bond motifs is 4. The maximum absolute atomic E-state index is 15.0. The number of anilines is 1. The number of aryl methyl sites for hydroxylation is 6. The summed E-state index contributed by atoms with van der Waals surface area (Å²) in [4.78, 5) is 28.9. The molecule has 0 fully saturated rings. The van der Waals surface area contributed by atoms with Crippen molar-refractivity contribution >= 4 is 62.6 Å². The zero-order chi connectivity index (χ0) is 35.8. The van der Waals surface area contributed by atoms with Crippen LogP contribution in [-0.2, 0) is 20.5 Å². The highest BCUT2D eigenvalue weighted by Crippen LogP contribution is 2.45. The minimum absolute atomic E-state index is 0.0873. The molecular formula is C38H38Cl2N6O4. The summed E-state index contributed by atoms with van der Waals surface area (Å²) in [5.74, 6) is -0.540. The Bertz CT molecular complexity index is 2360. The Morgan fingerprint density at radius 1 is 1.00 bits per heavy atom. The van der Waals surface area contributed by atoms with Crippen molar-refractivity contribution in [3.8, 4) is 16.9 Å². The molecule has 7 rings (SSSR count). The van der Waals surface area contributed by atoms with Gasteiger partial charge in [0.2, 0.25) is 0 Å². The number of benzene rings is 3. The molecule has 12 heteroatoms. The summed E-state index contributed by atoms with van der Waals surface area (Å²) in [5.41, 5.74) is 9.08. The van der Waals surface area contributed by atoms with Gasteiger partial charge in [0.1, 0.15) is 11.4 Å². The highest BCUT2D eigenvalue weighted by atomic mass is 35.5. The molecule has 6 aromatic rings. The van der Waals surface area contributed by atoms with Crippen LogP contribution < -0.4 is 9.64 Å². The van der Waals surface area contributed by atoms with Gasteiger partial charge in [-0.15, -0.1) is 0 Å². The number of carboxylic acid groups (broad SMARTS) is 1. The van der Waals surface area contributed by atoms with Gasteiger partial charge < -0.3 is 19.3 Å². The monoisotopic (exact) mass is 712 g/mol. The molecular weight excluding hydrogens is 675 g/mol. The average Bonchev–Trinajstić information content (AvgIpc) is 3.70. The standard InChI is InChI=1S/C38H38Cl2N6O4/c1-19-13-25(14-20(2)34(19)40)50-12-8-9-26-27-10-11-29(39)33(32-22(4)42-43(6)23(32)5)35(27)46-21(3)18-45(37(47)36(26)46)31-16-24(38(48)49)15-30-28(31)17-41-44(30)7/h10-11,13-17,21H,8-9,12,18H2,1-7H3,(H,48,49)/t21-/m1/s1. The summed E-state index contributed by atoms with van der Waals surface area (Å²) in [6.45, 7) is 10.7. The highest BCUT2D eigenvalue weighted by molar-refractivity contribution is 6.35. The zero-order valence-corrected chi connectivity index (χ0v) is 30.6. The lowest BCUT2D eigenvalue weighted by Crippen LogP contribution is -2.43. The molecule has 258 valence electrons. The number of carbonyl (C=O) groups excluding carboxylic acids is 1. The zero-order valence-electron chi connectivity index (χ0n) is 29.1. The topological polar surface area (TPSA) is 107 Å². The number of carbonyl (C=O) groups is 2. The van der Waals surface area contributed by atoms with Crippen LogP contribution in [0, 0.1) is 27.7 Å². The van der Waals surface area contributed by atoms with E-state index in [0.717, 1.165) is 60.9 Å². The molecule has 1 atom stereocenters. The molecule has 0 radical (unpaired) electrons. The number of amides is 1. The predicted octanol–water partition coefficient (Wildman–Crippen LogP) is 8.40. The molecule has 10 nitrogen and oxygen atoms in total. The number of carboxylic acids is 1. The van der Waals surface area contributed by atoms with Crippen LogP contribution in [0.1, 0.15) is 68.3 Å². The molecule has 1 aliphatic rings. The maximum Gasteiger partial charge on any atom is 0.335 e. The number of rotatable bonds is 8. The molecule has 1 aliphatic heterocycles. The molecule has 1 N–H and O–H groups in total. The van der Waals surface area contributed by atoms with Gasteiger partial charge in [0.25, 0.3) is 5.91 Å². The van der Waals surface area contributed by atoms with Crippen LogP contribution in [0.4, 0.5) is 5.69 Å². The van der Waals surface area contributed by atoms with Gasteiger partial charge >= 0.3 is 5.97 Å². The summed E-state index contributed by atoms with van der Waals surface area (Å²) in [6, 6.07) is 10.7. The Morgan fingerprint density at radius 3 is 2.38 bits per heavy atom. The quantitative estimate of drug-likeness (QED) is 0.159. The summed E-state index contributed by atoms with van der Waals surface area (Å²) in [5, 5.41) is 22.0. The van der Waals surface area contributed by atoms with E-state index in [1.807, 2.05) is 63.7 Å². The van der Waals surface area contributed by atoms with Crippen molar-refractivity contribution in [3.63, 3.8) is 0 Å². The number of hydrogen-bond acceptors (Lipinski definition) is 5. The highest BCUT2D eigenvalue weighted by Gasteiger charge is 2.37. The van der Waals surface area contributed by atoms with Crippen LogP contribution in [0.2, 0.25) is 10.0 Å². The maximum atomic E-state index is 15.0. The van der Waals surface area contributed by atoms with Gasteiger partial charge in [-0.2, -0.15) is 10.2 Å². The van der Waals surface area contributed by atoms with Gasteiger partial charge in [-0.25, -0.2) is 4.79 Å². The van der Waals surface area contributed by atoms with E-state index < -0.39 is 5.97 Å². The van der Waals surface area contributed by atoms with E-state index in [2.05, 4.69) is 16.6 Å². The second-order valence-electron chi connectivity index (χ2n) is 13.3. The summed E-state index contributed by atoms with van der Waals surface area (Å²) >= 11 is 13.4. The third-order valence-electron chi connectivity index (χ3n) is 9.95. The Kier molecular flexibility index (Phi) is 8.43. The van der Waals surface area contributed by atoms with E-state index in [1.165, 1.54) is 0 Å². The average molecular weight is 714 g/mol. The van der Waals surface area contributed by atoms with Crippen molar-refractivity contribution in [2.45, 2.75) is 53.5 Å². The van der Waals surface area contributed by atoms with Crippen molar-refractivity contribution in [1.82, 2.24) is 24.1 Å². The van der Waals surface area contributed by atoms with Gasteiger partial charge in [0.15, 0.2) is 0 Å². The minimum atomic E-state index is -1.07. The number of ether oxygens (including phenoxy) is 1. The second-order valence-corrected chi connectivity index (χ2v) is 14.1. The first-order chi connectivity index (χ1) is 23.8. The number of hydrogen-bond donors (Lipinski definition) is 1. The van der Waals surface area contributed by atoms with Crippen LogP contribution in [0.5, 0.6) is 5.75 Å². The fourth-order valence-electron chi connectivity index (χ4n) is 7.51. The summed E-state index contributed by atoms with van der Waals surface area (Å²) < 4.78 is 11.8. The first-order valence-corrected chi connectivity index (χ1v) is 17.3. The Hall–Kier alpha value is -4.80. The van der Waals surface area contributed by atoms with Crippen molar-refractivity contribution < 1.29 is 19.4 Å². The van der Waals surface area contributed by atoms with Gasteiger partial charge in [-0.1, -0.05) is 29.3 Å². The second kappa shape index (κ2) is 12.5. The van der Waals surface area contributed by atoms with Crippen LogP contribution in [-0.4, -0.2) is 54.3 Å². The van der Waals surface area contributed by atoms with E-state index >= 15 is 0 Å². The van der Waals surface area contributed by atoms with E-state index in [-0.39, 0.29) is 17.5 Å². The Balaban J connectivity index is 1.39. The largest absolute Gasteiger partial charge is 0.494 e. The normalized spacial score (nSPS) is 14.6. The summed E-state index contributed by atoms with van der Waals surface area (Å²) in [7, 11) is 3.67. The molecule has 50 heavy (non-hydrogen) atoms. The summed E-state index contributed by atoms with van der Waals surface area (Å²) in [6.07, 6.45) is 2.88. The fraction of sp³-hybridized carbons (Fsp3) is 0.316. The number of nitrogens with zero attached hydrogens (tertiary/aromatic N) is 6. The SMILES string of the molecule is Cc1cc(OCCCc2c3n(c4c(-c5c(C)nn(C)c5C)c(Cl)ccc24)[C@H](C)CN(c2cc(C(=O)O)cc4c2cnn4C)C3=O)cc(C)c1Cl. The van der Waals surface area contributed by atoms with Gasteiger partial charge in [0, 0.05) is 59.3 Å². The van der Waals surface area contributed by atoms with E-state index in [4.69, 9.17) is 33.0 Å². The third kappa shape index (κ3) is 5.32.